The maximum absolute atomic E-state index is 12.0. The van der Waals surface area contributed by atoms with Crippen molar-refractivity contribution in [3.8, 4) is 0 Å². The van der Waals surface area contributed by atoms with E-state index in [0.29, 0.717) is 0 Å². The quantitative estimate of drug-likeness (QED) is 0.457. The third-order valence-corrected chi connectivity index (χ3v) is 3.10. The lowest BCUT2D eigenvalue weighted by atomic mass is 9.62. The lowest BCUT2D eigenvalue weighted by Crippen LogP contribution is -2.57. The Balaban J connectivity index is 2.76. The van der Waals surface area contributed by atoms with Crippen LogP contribution in [0.3, 0.4) is 0 Å². The number of aliphatic hydroxyl groups is 1. The number of carbonyl (C=O) groups is 1. The first kappa shape index (κ1) is 13.9. The Labute approximate surface area is 100 Å². The highest BCUT2D eigenvalue weighted by molar-refractivity contribution is 5.79. The van der Waals surface area contributed by atoms with E-state index in [-0.39, 0.29) is 12.8 Å². The lowest BCUT2D eigenvalue weighted by Gasteiger charge is -2.43. The van der Waals surface area contributed by atoms with Gasteiger partial charge in [-0.1, -0.05) is 0 Å². The smallest absolute Gasteiger partial charge is 0.315 e. The lowest BCUT2D eigenvalue weighted by molar-refractivity contribution is -0.547. The molecule has 0 bridgehead atoms. The summed E-state index contributed by atoms with van der Waals surface area (Å²) in [7, 11) is 0. The summed E-state index contributed by atoms with van der Waals surface area (Å²) in [6.07, 6.45) is -0.840. The van der Waals surface area contributed by atoms with E-state index < -0.39 is 34.1 Å². The summed E-state index contributed by atoms with van der Waals surface area (Å²) in [5.74, 6) is -0.543. The maximum Gasteiger partial charge on any atom is 0.315 e. The molecule has 0 aromatic carbocycles. The number of carbonyl (C=O) groups excluding carboxylic acids is 1. The highest BCUT2D eigenvalue weighted by Gasteiger charge is 2.60. The van der Waals surface area contributed by atoms with Crippen molar-refractivity contribution in [1.29, 1.82) is 0 Å². The van der Waals surface area contributed by atoms with Crippen LogP contribution in [0.25, 0.3) is 0 Å². The van der Waals surface area contributed by atoms with Gasteiger partial charge in [-0.25, -0.2) is 0 Å². The van der Waals surface area contributed by atoms with E-state index in [1.165, 1.54) is 6.92 Å². The molecule has 0 aromatic heterocycles. The van der Waals surface area contributed by atoms with Crippen LogP contribution in [0.4, 0.5) is 0 Å². The fourth-order valence-corrected chi connectivity index (χ4v) is 1.99. The first-order chi connectivity index (χ1) is 7.58. The van der Waals surface area contributed by atoms with Crippen molar-refractivity contribution in [3.05, 3.63) is 10.1 Å². The van der Waals surface area contributed by atoms with Crippen LogP contribution >= 0.6 is 0 Å². The SMILES string of the molecule is CC(O)C1(C(=O)OC(C)(C)C)CC([N+](=O)[O-])C1. The summed E-state index contributed by atoms with van der Waals surface area (Å²) in [5.41, 5.74) is -1.76. The molecule has 0 amide bonds. The minimum atomic E-state index is -1.11. The van der Waals surface area contributed by atoms with Crippen LogP contribution in [0.1, 0.15) is 40.5 Å². The normalized spacial score (nSPS) is 30.3. The fourth-order valence-electron chi connectivity index (χ4n) is 1.99. The van der Waals surface area contributed by atoms with Crippen molar-refractivity contribution in [2.75, 3.05) is 0 Å². The van der Waals surface area contributed by atoms with E-state index in [9.17, 15) is 20.0 Å². The molecule has 98 valence electrons. The van der Waals surface area contributed by atoms with E-state index in [1.807, 2.05) is 0 Å². The Kier molecular flexibility index (Phi) is 3.47. The van der Waals surface area contributed by atoms with Crippen molar-refractivity contribution < 1.29 is 19.6 Å². The molecule has 1 atom stereocenters. The zero-order chi connectivity index (χ0) is 13.4. The number of ether oxygens (including phenoxy) is 1. The molecule has 0 radical (unpaired) electrons. The molecule has 0 aromatic rings. The minimum absolute atomic E-state index is 0.0482. The van der Waals surface area contributed by atoms with Gasteiger partial charge < -0.3 is 9.84 Å². The average molecular weight is 245 g/mol. The molecular weight excluding hydrogens is 226 g/mol. The highest BCUT2D eigenvalue weighted by atomic mass is 16.6. The monoisotopic (exact) mass is 245 g/mol. The summed E-state index contributed by atoms with van der Waals surface area (Å²) < 4.78 is 5.21. The Morgan fingerprint density at radius 2 is 2.00 bits per heavy atom. The van der Waals surface area contributed by atoms with Gasteiger partial charge >= 0.3 is 5.97 Å². The van der Waals surface area contributed by atoms with Gasteiger partial charge in [-0.05, 0) is 27.7 Å². The predicted molar refractivity (Wildman–Crippen MR) is 60.0 cm³/mol. The number of rotatable bonds is 3. The van der Waals surface area contributed by atoms with Crippen LogP contribution in [0.5, 0.6) is 0 Å². The standard InChI is InChI=1S/C11H19NO5/c1-7(13)11(5-8(6-11)12(15)16)9(14)17-10(2,3)4/h7-8,13H,5-6H2,1-4H3. The molecule has 1 aliphatic rings. The third kappa shape index (κ3) is 2.74. The van der Waals surface area contributed by atoms with E-state index in [2.05, 4.69) is 0 Å². The zero-order valence-corrected chi connectivity index (χ0v) is 10.6. The second-order valence-corrected chi connectivity index (χ2v) is 5.68. The van der Waals surface area contributed by atoms with Crippen LogP contribution in [0, 0.1) is 15.5 Å². The Bertz CT molecular complexity index is 325. The van der Waals surface area contributed by atoms with E-state index in [4.69, 9.17) is 4.74 Å². The van der Waals surface area contributed by atoms with Gasteiger partial charge in [0.1, 0.15) is 11.0 Å². The number of nitro groups is 1. The Morgan fingerprint density at radius 1 is 1.53 bits per heavy atom. The van der Waals surface area contributed by atoms with Gasteiger partial charge in [0, 0.05) is 17.8 Å². The van der Waals surface area contributed by atoms with Gasteiger partial charge in [-0.15, -0.1) is 0 Å². The molecule has 0 aliphatic heterocycles. The fraction of sp³-hybridized carbons (Fsp3) is 0.909. The molecule has 1 aliphatic carbocycles. The number of hydrogen-bond acceptors (Lipinski definition) is 5. The number of esters is 1. The topological polar surface area (TPSA) is 89.7 Å². The van der Waals surface area contributed by atoms with Crippen molar-refractivity contribution in [2.24, 2.45) is 5.41 Å². The van der Waals surface area contributed by atoms with Crippen LogP contribution in [0.15, 0.2) is 0 Å². The van der Waals surface area contributed by atoms with Gasteiger partial charge in [-0.2, -0.15) is 0 Å². The molecule has 0 heterocycles. The summed E-state index contributed by atoms with van der Waals surface area (Å²) >= 11 is 0. The predicted octanol–water partition coefficient (Wildman–Crippen LogP) is 1.13. The van der Waals surface area contributed by atoms with Crippen molar-refractivity contribution >= 4 is 5.97 Å². The summed E-state index contributed by atoms with van der Waals surface area (Å²) in [5, 5.41) is 20.2. The first-order valence-electron chi connectivity index (χ1n) is 5.63. The third-order valence-electron chi connectivity index (χ3n) is 3.10. The van der Waals surface area contributed by atoms with Gasteiger partial charge in [0.15, 0.2) is 0 Å². The molecule has 1 rings (SSSR count). The second-order valence-electron chi connectivity index (χ2n) is 5.68. The van der Waals surface area contributed by atoms with Crippen LogP contribution in [-0.2, 0) is 9.53 Å². The average Bonchev–Trinajstić information content (AvgIpc) is 1.95. The Hall–Kier alpha value is -1.17. The molecular formula is C11H19NO5. The van der Waals surface area contributed by atoms with Crippen LogP contribution in [0.2, 0.25) is 0 Å². The molecule has 1 fully saturated rings. The molecule has 17 heavy (non-hydrogen) atoms. The number of nitrogens with zero attached hydrogens (tertiary/aromatic N) is 1. The highest BCUT2D eigenvalue weighted by Crippen LogP contribution is 2.47. The van der Waals surface area contributed by atoms with E-state index in [0.717, 1.165) is 0 Å². The van der Waals surface area contributed by atoms with Crippen molar-refractivity contribution in [3.63, 3.8) is 0 Å². The molecule has 1 unspecified atom stereocenters. The molecule has 0 spiro atoms. The maximum atomic E-state index is 12.0. The molecule has 6 heteroatoms. The van der Waals surface area contributed by atoms with Crippen molar-refractivity contribution in [2.45, 2.75) is 58.3 Å². The summed E-state index contributed by atoms with van der Waals surface area (Å²) in [6.45, 7) is 6.65. The Morgan fingerprint density at radius 3 is 2.29 bits per heavy atom. The van der Waals surface area contributed by atoms with Crippen LogP contribution < -0.4 is 0 Å². The van der Waals surface area contributed by atoms with E-state index >= 15 is 0 Å². The number of aliphatic hydroxyl groups excluding tert-OH is 1. The van der Waals surface area contributed by atoms with Gasteiger partial charge in [0.2, 0.25) is 6.04 Å². The zero-order valence-electron chi connectivity index (χ0n) is 10.6. The summed E-state index contributed by atoms with van der Waals surface area (Å²) in [4.78, 5) is 22.1. The largest absolute Gasteiger partial charge is 0.459 e. The van der Waals surface area contributed by atoms with Gasteiger partial charge in [-0.3, -0.25) is 14.9 Å². The molecule has 1 saturated carbocycles. The van der Waals surface area contributed by atoms with Crippen LogP contribution in [-0.4, -0.2) is 33.7 Å². The van der Waals surface area contributed by atoms with Gasteiger partial charge in [0.25, 0.3) is 0 Å². The number of hydrogen-bond donors (Lipinski definition) is 1. The minimum Gasteiger partial charge on any atom is -0.459 e. The first-order valence-corrected chi connectivity index (χ1v) is 5.63. The molecule has 1 N–H and O–H groups in total. The van der Waals surface area contributed by atoms with Gasteiger partial charge in [0.05, 0.1) is 6.10 Å². The second kappa shape index (κ2) is 4.25. The molecule has 6 nitrogen and oxygen atoms in total. The van der Waals surface area contributed by atoms with Crippen molar-refractivity contribution in [1.82, 2.24) is 0 Å². The summed E-state index contributed by atoms with van der Waals surface area (Å²) in [6, 6.07) is -0.753. The molecule has 0 saturated heterocycles. The van der Waals surface area contributed by atoms with E-state index in [1.54, 1.807) is 20.8 Å².